The van der Waals surface area contributed by atoms with Gasteiger partial charge in [0, 0.05) is 24.5 Å². The van der Waals surface area contributed by atoms with E-state index in [9.17, 15) is 4.79 Å². The fourth-order valence-corrected chi connectivity index (χ4v) is 2.33. The number of hydrogen-bond acceptors (Lipinski definition) is 5. The summed E-state index contributed by atoms with van der Waals surface area (Å²) in [5.74, 6) is -0.0672. The second-order valence-electron chi connectivity index (χ2n) is 4.08. The van der Waals surface area contributed by atoms with Crippen LogP contribution in [0.5, 0.6) is 0 Å². The highest BCUT2D eigenvalue weighted by atomic mass is 32.1. The summed E-state index contributed by atoms with van der Waals surface area (Å²) in [5, 5.41) is 11.9. The van der Waals surface area contributed by atoms with Gasteiger partial charge in [-0.25, -0.2) is 4.98 Å². The average Bonchev–Trinajstić information content (AvgIpc) is 2.82. The Hall–Kier alpha value is -1.24. The van der Waals surface area contributed by atoms with Crippen molar-refractivity contribution in [2.45, 2.75) is 13.0 Å². The third kappa shape index (κ3) is 3.38. The van der Waals surface area contributed by atoms with Crippen LogP contribution >= 0.6 is 11.3 Å². The molecule has 0 aromatic carbocycles. The fraction of sp³-hybridized carbons (Fsp3) is 0.500. The molecule has 0 bridgehead atoms. The van der Waals surface area contributed by atoms with Crippen LogP contribution in [0.25, 0.3) is 6.08 Å². The van der Waals surface area contributed by atoms with Crippen molar-refractivity contribution in [2.75, 3.05) is 26.3 Å². The summed E-state index contributed by atoms with van der Waals surface area (Å²) in [7, 11) is 0. The molecule has 0 saturated carbocycles. The zero-order valence-corrected chi connectivity index (χ0v) is 11.0. The number of carbonyl (C=O) groups excluding carboxylic acids is 1. The lowest BCUT2D eigenvalue weighted by atomic mass is 10.2. The lowest BCUT2D eigenvalue weighted by Crippen LogP contribution is -2.46. The molecule has 98 valence electrons. The van der Waals surface area contributed by atoms with Gasteiger partial charge < -0.3 is 14.7 Å². The van der Waals surface area contributed by atoms with Gasteiger partial charge >= 0.3 is 0 Å². The number of rotatable bonds is 3. The zero-order chi connectivity index (χ0) is 13.0. The smallest absolute Gasteiger partial charge is 0.246 e. The lowest BCUT2D eigenvalue weighted by molar-refractivity contribution is -0.134. The molecule has 18 heavy (non-hydrogen) atoms. The van der Waals surface area contributed by atoms with Crippen molar-refractivity contribution < 1.29 is 14.6 Å². The molecule has 0 aliphatic carbocycles. The minimum Gasteiger partial charge on any atom is -0.394 e. The van der Waals surface area contributed by atoms with E-state index in [0.29, 0.717) is 19.7 Å². The van der Waals surface area contributed by atoms with E-state index in [1.54, 1.807) is 22.3 Å². The van der Waals surface area contributed by atoms with Gasteiger partial charge in [0.2, 0.25) is 5.91 Å². The summed E-state index contributed by atoms with van der Waals surface area (Å²) < 4.78 is 5.29. The lowest BCUT2D eigenvalue weighted by Gasteiger charge is -2.31. The van der Waals surface area contributed by atoms with E-state index in [1.165, 1.54) is 6.08 Å². The van der Waals surface area contributed by atoms with Crippen LogP contribution in [0.3, 0.4) is 0 Å². The molecule has 2 rings (SSSR count). The first-order valence-electron chi connectivity index (χ1n) is 5.80. The molecule has 1 saturated heterocycles. The van der Waals surface area contributed by atoms with E-state index in [-0.39, 0.29) is 18.6 Å². The van der Waals surface area contributed by atoms with E-state index in [4.69, 9.17) is 9.84 Å². The maximum absolute atomic E-state index is 11.9. The third-order valence-electron chi connectivity index (χ3n) is 2.69. The summed E-state index contributed by atoms with van der Waals surface area (Å²) >= 11 is 1.56. The molecule has 1 unspecified atom stereocenters. The second-order valence-corrected chi connectivity index (χ2v) is 5.15. The van der Waals surface area contributed by atoms with Gasteiger partial charge in [0.15, 0.2) is 0 Å². The number of aliphatic hydroxyl groups excluding tert-OH is 1. The van der Waals surface area contributed by atoms with E-state index in [0.717, 1.165) is 10.7 Å². The largest absolute Gasteiger partial charge is 0.394 e. The standard InChI is InChI=1S/C12H16N2O3S/c1-9-13-10(8-18-9)2-3-12(16)14-4-5-17-11(6-14)7-15/h2-3,8,11,15H,4-7H2,1H3/b3-2+. The van der Waals surface area contributed by atoms with E-state index >= 15 is 0 Å². The molecular formula is C12H16N2O3S. The molecule has 1 amide bonds. The van der Waals surface area contributed by atoms with Gasteiger partial charge in [0.1, 0.15) is 0 Å². The minimum absolute atomic E-state index is 0.0568. The number of aromatic nitrogens is 1. The maximum atomic E-state index is 11.9. The normalized spacial score (nSPS) is 20.6. The Morgan fingerprint density at radius 3 is 3.28 bits per heavy atom. The van der Waals surface area contributed by atoms with E-state index in [2.05, 4.69) is 4.98 Å². The maximum Gasteiger partial charge on any atom is 0.246 e. The van der Waals surface area contributed by atoms with Gasteiger partial charge in [-0.1, -0.05) is 0 Å². The number of morpholine rings is 1. The molecule has 6 heteroatoms. The molecule has 1 N–H and O–H groups in total. The van der Waals surface area contributed by atoms with Gasteiger partial charge in [-0.2, -0.15) is 0 Å². The second kappa shape index (κ2) is 6.08. The number of carbonyl (C=O) groups is 1. The molecule has 1 aromatic rings. The third-order valence-corrected chi connectivity index (χ3v) is 3.48. The zero-order valence-electron chi connectivity index (χ0n) is 10.2. The summed E-state index contributed by atoms with van der Waals surface area (Å²) in [5.41, 5.74) is 0.804. The van der Waals surface area contributed by atoms with Crippen LogP contribution in [0.2, 0.25) is 0 Å². The van der Waals surface area contributed by atoms with Crippen LogP contribution in [0, 0.1) is 6.92 Å². The first-order chi connectivity index (χ1) is 8.69. The van der Waals surface area contributed by atoms with Gasteiger partial charge in [-0.15, -0.1) is 11.3 Å². The molecule has 1 aromatic heterocycles. The van der Waals surface area contributed by atoms with Crippen LogP contribution in [0.4, 0.5) is 0 Å². The predicted octanol–water partition coefficient (Wildman–Crippen LogP) is 0.684. The monoisotopic (exact) mass is 268 g/mol. The van der Waals surface area contributed by atoms with Crippen molar-refractivity contribution in [1.82, 2.24) is 9.88 Å². The van der Waals surface area contributed by atoms with Crippen molar-refractivity contribution in [3.05, 3.63) is 22.2 Å². The molecule has 1 aliphatic heterocycles. The highest BCUT2D eigenvalue weighted by Gasteiger charge is 2.22. The van der Waals surface area contributed by atoms with Crippen molar-refractivity contribution >= 4 is 23.3 Å². The first-order valence-corrected chi connectivity index (χ1v) is 6.68. The van der Waals surface area contributed by atoms with Crippen molar-refractivity contribution in [3.63, 3.8) is 0 Å². The number of nitrogens with zero attached hydrogens (tertiary/aromatic N) is 2. The van der Waals surface area contributed by atoms with Crippen LogP contribution in [0.1, 0.15) is 10.7 Å². The Morgan fingerprint density at radius 2 is 2.61 bits per heavy atom. The van der Waals surface area contributed by atoms with Crippen LogP contribution in [-0.2, 0) is 9.53 Å². The molecule has 2 heterocycles. The Balaban J connectivity index is 1.93. The van der Waals surface area contributed by atoms with Crippen molar-refractivity contribution in [1.29, 1.82) is 0 Å². The van der Waals surface area contributed by atoms with Crippen LogP contribution < -0.4 is 0 Å². The quantitative estimate of drug-likeness (QED) is 0.819. The number of ether oxygens (including phenoxy) is 1. The van der Waals surface area contributed by atoms with Gasteiger partial charge in [-0.05, 0) is 13.0 Å². The Bertz CT molecular complexity index is 444. The van der Waals surface area contributed by atoms with Crippen LogP contribution in [-0.4, -0.2) is 53.3 Å². The highest BCUT2D eigenvalue weighted by Crippen LogP contribution is 2.10. The van der Waals surface area contributed by atoms with Gasteiger partial charge in [0.05, 0.1) is 30.0 Å². The summed E-state index contributed by atoms with van der Waals surface area (Å²) in [6.07, 6.45) is 2.97. The molecule has 0 spiro atoms. The Morgan fingerprint density at radius 1 is 1.78 bits per heavy atom. The number of hydrogen-bond donors (Lipinski definition) is 1. The van der Waals surface area contributed by atoms with Crippen LogP contribution in [0.15, 0.2) is 11.5 Å². The van der Waals surface area contributed by atoms with E-state index in [1.807, 2.05) is 12.3 Å². The fourth-order valence-electron chi connectivity index (χ4n) is 1.75. The van der Waals surface area contributed by atoms with E-state index < -0.39 is 0 Å². The van der Waals surface area contributed by atoms with Gasteiger partial charge in [-0.3, -0.25) is 4.79 Å². The molecule has 1 aliphatic rings. The van der Waals surface area contributed by atoms with Crippen molar-refractivity contribution in [3.8, 4) is 0 Å². The van der Waals surface area contributed by atoms with Gasteiger partial charge in [0.25, 0.3) is 0 Å². The topological polar surface area (TPSA) is 62.7 Å². The Kier molecular flexibility index (Phi) is 4.46. The number of thiazole rings is 1. The minimum atomic E-state index is -0.266. The highest BCUT2D eigenvalue weighted by molar-refractivity contribution is 7.09. The molecular weight excluding hydrogens is 252 g/mol. The number of amides is 1. The molecule has 1 fully saturated rings. The predicted molar refractivity (Wildman–Crippen MR) is 69.3 cm³/mol. The average molecular weight is 268 g/mol. The summed E-state index contributed by atoms with van der Waals surface area (Å²) in [6.45, 7) is 3.35. The SMILES string of the molecule is Cc1nc(/C=C/C(=O)N2CCOC(CO)C2)cs1. The Labute approximate surface area is 110 Å². The number of aryl methyl sites for hydroxylation is 1. The first kappa shape index (κ1) is 13.2. The van der Waals surface area contributed by atoms with Crippen molar-refractivity contribution in [2.24, 2.45) is 0 Å². The molecule has 5 nitrogen and oxygen atoms in total. The summed E-state index contributed by atoms with van der Waals surface area (Å²) in [6, 6.07) is 0. The molecule has 0 radical (unpaired) electrons. The molecule has 1 atom stereocenters. The number of aliphatic hydroxyl groups is 1. The summed E-state index contributed by atoms with van der Waals surface area (Å²) in [4.78, 5) is 17.9.